The molecule has 7 rings (SSSR count). The maximum absolute atomic E-state index is 14.0. The van der Waals surface area contributed by atoms with Gasteiger partial charge in [0, 0.05) is 47.3 Å². The number of phenols is 1. The number of aromatic amines is 2. The van der Waals surface area contributed by atoms with Gasteiger partial charge >= 0.3 is 0 Å². The lowest BCUT2D eigenvalue weighted by Gasteiger charge is -2.20. The number of nitrogens with one attached hydrogen (secondary N) is 3. The molecule has 1 fully saturated rings. The highest BCUT2D eigenvalue weighted by Gasteiger charge is 2.22. The van der Waals surface area contributed by atoms with Crippen LogP contribution in [0.5, 0.6) is 5.75 Å². The summed E-state index contributed by atoms with van der Waals surface area (Å²) in [4.78, 5) is 34.1. The van der Waals surface area contributed by atoms with Gasteiger partial charge in [0.25, 0.3) is 0 Å². The number of pyridine rings is 3. The Kier molecular flexibility index (Phi) is 6.11. The first-order chi connectivity index (χ1) is 20.0. The molecule has 5 heterocycles. The number of carbonyl (C=O) groups is 1. The molecule has 41 heavy (non-hydrogen) atoms. The Labute approximate surface area is 233 Å². The number of aromatic nitrogens is 7. The number of hydrogen-bond acceptors (Lipinski definition) is 7. The van der Waals surface area contributed by atoms with E-state index in [-0.39, 0.29) is 17.6 Å². The molecule has 5 aromatic heterocycles. The Morgan fingerprint density at radius 3 is 2.68 bits per heavy atom. The molecule has 4 N–H and O–H groups in total. The number of fused-ring (bicyclic) bond motifs is 2. The van der Waals surface area contributed by atoms with Gasteiger partial charge in [-0.3, -0.25) is 19.9 Å². The number of amides is 1. The van der Waals surface area contributed by atoms with Gasteiger partial charge in [-0.05, 0) is 43.2 Å². The van der Waals surface area contributed by atoms with Crippen molar-refractivity contribution in [3.05, 3.63) is 67.0 Å². The second kappa shape index (κ2) is 10.1. The van der Waals surface area contributed by atoms with E-state index in [9.17, 15) is 14.3 Å². The van der Waals surface area contributed by atoms with Crippen LogP contribution in [-0.4, -0.2) is 46.1 Å². The number of halogens is 1. The maximum Gasteiger partial charge on any atom is 0.227 e. The largest absolute Gasteiger partial charge is 0.508 e. The van der Waals surface area contributed by atoms with Crippen LogP contribution in [0.3, 0.4) is 0 Å². The molecule has 0 spiro atoms. The Morgan fingerprint density at radius 1 is 0.976 bits per heavy atom. The van der Waals surface area contributed by atoms with Crippen LogP contribution in [0.15, 0.2) is 61.2 Å². The number of H-pyrrole nitrogens is 2. The number of benzene rings is 1. The molecular formula is C30H25FN8O2. The van der Waals surface area contributed by atoms with Gasteiger partial charge < -0.3 is 15.4 Å². The number of anilines is 1. The normalized spacial score (nSPS) is 14.1. The highest BCUT2D eigenvalue weighted by atomic mass is 19.1. The smallest absolute Gasteiger partial charge is 0.227 e. The molecule has 10 nitrogen and oxygen atoms in total. The first-order valence-corrected chi connectivity index (χ1v) is 13.5. The first kappa shape index (κ1) is 24.8. The molecule has 1 aromatic carbocycles. The van der Waals surface area contributed by atoms with Gasteiger partial charge in [0.15, 0.2) is 11.5 Å². The molecule has 1 saturated carbocycles. The third kappa shape index (κ3) is 4.75. The van der Waals surface area contributed by atoms with Gasteiger partial charge in [0.2, 0.25) is 5.91 Å². The van der Waals surface area contributed by atoms with Crippen LogP contribution in [0, 0.1) is 11.7 Å². The fourth-order valence-electron chi connectivity index (χ4n) is 5.49. The molecule has 11 heteroatoms. The minimum atomic E-state index is -0.570. The molecule has 0 radical (unpaired) electrons. The van der Waals surface area contributed by atoms with Crippen LogP contribution in [-0.2, 0) is 4.79 Å². The van der Waals surface area contributed by atoms with Crippen LogP contribution >= 0.6 is 0 Å². The molecule has 204 valence electrons. The van der Waals surface area contributed by atoms with Crippen molar-refractivity contribution in [3.63, 3.8) is 0 Å². The quantitative estimate of drug-likeness (QED) is 0.207. The zero-order chi connectivity index (χ0) is 27.9. The fraction of sp³-hybridized carbons (Fsp3) is 0.200. The number of imidazole rings is 1. The summed E-state index contributed by atoms with van der Waals surface area (Å²) < 4.78 is 14.0. The van der Waals surface area contributed by atoms with E-state index in [0.717, 1.165) is 48.3 Å². The third-order valence-electron chi connectivity index (χ3n) is 7.52. The summed E-state index contributed by atoms with van der Waals surface area (Å²) in [6, 6.07) is 9.40. The van der Waals surface area contributed by atoms with Crippen LogP contribution < -0.4 is 5.32 Å². The van der Waals surface area contributed by atoms with E-state index in [1.807, 2.05) is 12.1 Å². The average molecular weight is 549 g/mol. The number of phenolic OH excluding ortho intramolecular Hbond substituents is 1. The summed E-state index contributed by atoms with van der Waals surface area (Å²) in [5.41, 5.74) is 5.42. The van der Waals surface area contributed by atoms with E-state index in [4.69, 9.17) is 4.98 Å². The van der Waals surface area contributed by atoms with Crippen molar-refractivity contribution < 1.29 is 14.3 Å². The van der Waals surface area contributed by atoms with E-state index in [1.54, 1.807) is 30.9 Å². The number of rotatable bonds is 5. The predicted octanol–water partition coefficient (Wildman–Crippen LogP) is 5.99. The second-order valence-corrected chi connectivity index (χ2v) is 10.3. The Balaban J connectivity index is 1.23. The van der Waals surface area contributed by atoms with Crippen molar-refractivity contribution in [1.29, 1.82) is 0 Å². The number of nitrogens with zero attached hydrogens (tertiary/aromatic N) is 5. The fourth-order valence-corrected chi connectivity index (χ4v) is 5.49. The zero-order valence-corrected chi connectivity index (χ0v) is 21.9. The van der Waals surface area contributed by atoms with Crippen molar-refractivity contribution in [1.82, 2.24) is 35.1 Å². The highest BCUT2D eigenvalue weighted by molar-refractivity contribution is 5.97. The van der Waals surface area contributed by atoms with Gasteiger partial charge in [-0.15, -0.1) is 0 Å². The number of carbonyl (C=O) groups excluding carboxylic acids is 1. The maximum atomic E-state index is 14.0. The van der Waals surface area contributed by atoms with Crippen molar-refractivity contribution in [3.8, 4) is 39.7 Å². The Hall–Kier alpha value is -5.19. The lowest BCUT2D eigenvalue weighted by atomic mass is 9.88. The van der Waals surface area contributed by atoms with Gasteiger partial charge in [0.1, 0.15) is 22.8 Å². The first-order valence-electron chi connectivity index (χ1n) is 13.5. The monoisotopic (exact) mass is 548 g/mol. The number of hydrogen-bond donors (Lipinski definition) is 4. The summed E-state index contributed by atoms with van der Waals surface area (Å²) in [7, 11) is 0. The molecule has 0 bridgehead atoms. The molecule has 1 aliphatic rings. The third-order valence-corrected chi connectivity index (χ3v) is 7.52. The molecule has 1 aliphatic carbocycles. The molecular weight excluding hydrogens is 523 g/mol. The van der Waals surface area contributed by atoms with E-state index in [2.05, 4.69) is 35.5 Å². The topological polar surface area (TPSA) is 145 Å². The average Bonchev–Trinajstić information content (AvgIpc) is 3.61. The van der Waals surface area contributed by atoms with E-state index in [0.29, 0.717) is 45.1 Å². The minimum Gasteiger partial charge on any atom is -0.508 e. The van der Waals surface area contributed by atoms with Gasteiger partial charge in [-0.2, -0.15) is 5.10 Å². The van der Waals surface area contributed by atoms with Crippen LogP contribution in [0.4, 0.5) is 10.1 Å². The summed E-state index contributed by atoms with van der Waals surface area (Å²) in [5.74, 6) is -0.172. The summed E-state index contributed by atoms with van der Waals surface area (Å²) in [6.45, 7) is 0. The van der Waals surface area contributed by atoms with Crippen LogP contribution in [0.1, 0.15) is 32.1 Å². The Morgan fingerprint density at radius 2 is 1.83 bits per heavy atom. The van der Waals surface area contributed by atoms with Crippen LogP contribution in [0.25, 0.3) is 56.0 Å². The van der Waals surface area contributed by atoms with E-state index >= 15 is 0 Å². The van der Waals surface area contributed by atoms with Crippen molar-refractivity contribution >= 4 is 33.7 Å². The van der Waals surface area contributed by atoms with Gasteiger partial charge in [0.05, 0.1) is 28.5 Å². The van der Waals surface area contributed by atoms with Crippen LogP contribution in [0.2, 0.25) is 0 Å². The van der Waals surface area contributed by atoms with Crippen molar-refractivity contribution in [2.75, 3.05) is 5.32 Å². The predicted molar refractivity (Wildman–Crippen MR) is 152 cm³/mol. The molecule has 1 amide bonds. The van der Waals surface area contributed by atoms with Gasteiger partial charge in [-0.1, -0.05) is 19.3 Å². The lowest BCUT2D eigenvalue weighted by molar-refractivity contribution is -0.120. The van der Waals surface area contributed by atoms with Gasteiger partial charge in [-0.25, -0.2) is 14.4 Å². The van der Waals surface area contributed by atoms with E-state index in [1.165, 1.54) is 18.6 Å². The highest BCUT2D eigenvalue weighted by Crippen LogP contribution is 2.33. The summed E-state index contributed by atoms with van der Waals surface area (Å²) in [5, 5.41) is 21.0. The van der Waals surface area contributed by atoms with Crippen molar-refractivity contribution in [2.45, 2.75) is 32.1 Å². The standard InChI is InChI=1S/C30H25FN8O2/c31-20-8-17(10-22(40)12-20)25-27-24(6-7-33-25)36-29(37-27)26-23-11-19(14-34-28(23)39-38-26)18-9-21(15-32-13-18)35-30(41)16-4-2-1-3-5-16/h6-16,40H,1-5H2,(H,35,41)(H,36,37)(H,34,38,39). The molecule has 0 aliphatic heterocycles. The zero-order valence-electron chi connectivity index (χ0n) is 21.9. The molecule has 6 aromatic rings. The Bertz CT molecular complexity index is 1900. The second-order valence-electron chi connectivity index (χ2n) is 10.3. The number of aromatic hydroxyl groups is 1. The van der Waals surface area contributed by atoms with E-state index < -0.39 is 5.82 Å². The molecule has 0 saturated heterocycles. The molecule has 0 atom stereocenters. The molecule has 0 unspecified atom stereocenters. The SMILES string of the molecule is O=C(Nc1cncc(-c2cnc3n[nH]c(-c4nc5c(-c6cc(O)cc(F)c6)nccc5[nH]4)c3c2)c1)C1CCCCC1. The lowest BCUT2D eigenvalue weighted by Crippen LogP contribution is -2.24. The summed E-state index contributed by atoms with van der Waals surface area (Å²) >= 11 is 0. The summed E-state index contributed by atoms with van der Waals surface area (Å²) in [6.07, 6.45) is 11.9. The minimum absolute atomic E-state index is 0.0431. The van der Waals surface area contributed by atoms with Crippen molar-refractivity contribution in [2.24, 2.45) is 5.92 Å².